The van der Waals surface area contributed by atoms with Crippen molar-refractivity contribution in [2.75, 3.05) is 13.1 Å². The van der Waals surface area contributed by atoms with Crippen molar-refractivity contribution < 1.29 is 9.84 Å². The van der Waals surface area contributed by atoms with Crippen molar-refractivity contribution in [1.29, 1.82) is 0 Å². The summed E-state index contributed by atoms with van der Waals surface area (Å²) in [6, 6.07) is 0. The van der Waals surface area contributed by atoms with Crippen molar-refractivity contribution in [3.63, 3.8) is 0 Å². The first-order valence-corrected chi connectivity index (χ1v) is 6.33. The number of aliphatic hydroxyl groups excluding tert-OH is 1. The first-order valence-electron chi connectivity index (χ1n) is 6.33. The SMILES string of the molecule is CCC(C)CNCC(C)C(O)OC(C)(C)C. The summed E-state index contributed by atoms with van der Waals surface area (Å²) in [4.78, 5) is 0. The molecule has 0 rings (SSSR count). The summed E-state index contributed by atoms with van der Waals surface area (Å²) >= 11 is 0. The van der Waals surface area contributed by atoms with E-state index in [0.29, 0.717) is 5.92 Å². The standard InChI is InChI=1S/C13H29NO2/c1-7-10(2)8-14-9-11(3)12(15)16-13(4,5)6/h10-12,14-15H,7-9H2,1-6H3. The molecule has 0 fully saturated rings. The van der Waals surface area contributed by atoms with Gasteiger partial charge in [0.1, 0.15) is 0 Å². The van der Waals surface area contributed by atoms with Crippen LogP contribution in [0.3, 0.4) is 0 Å². The number of hydrogen-bond donors (Lipinski definition) is 2. The Morgan fingerprint density at radius 3 is 2.19 bits per heavy atom. The van der Waals surface area contributed by atoms with Crippen LogP contribution in [0.15, 0.2) is 0 Å². The van der Waals surface area contributed by atoms with Crippen LogP contribution in [0.1, 0.15) is 48.0 Å². The fraction of sp³-hybridized carbons (Fsp3) is 1.00. The minimum Gasteiger partial charge on any atom is -0.368 e. The quantitative estimate of drug-likeness (QED) is 0.661. The van der Waals surface area contributed by atoms with E-state index >= 15 is 0 Å². The topological polar surface area (TPSA) is 41.5 Å². The van der Waals surface area contributed by atoms with Crippen LogP contribution in [0.5, 0.6) is 0 Å². The number of hydrogen-bond acceptors (Lipinski definition) is 3. The van der Waals surface area contributed by atoms with Crippen molar-refractivity contribution in [3.05, 3.63) is 0 Å². The van der Waals surface area contributed by atoms with Gasteiger partial charge < -0.3 is 15.2 Å². The Morgan fingerprint density at radius 1 is 1.19 bits per heavy atom. The molecule has 0 aliphatic carbocycles. The van der Waals surface area contributed by atoms with Gasteiger partial charge in [-0.25, -0.2) is 0 Å². The van der Waals surface area contributed by atoms with Gasteiger partial charge in [-0.3, -0.25) is 0 Å². The van der Waals surface area contributed by atoms with Gasteiger partial charge in [0.2, 0.25) is 0 Å². The molecular formula is C13H29NO2. The van der Waals surface area contributed by atoms with Crippen molar-refractivity contribution in [3.8, 4) is 0 Å². The lowest BCUT2D eigenvalue weighted by atomic mass is 10.1. The second-order valence-electron chi connectivity index (χ2n) is 5.77. The lowest BCUT2D eigenvalue weighted by molar-refractivity contribution is -0.188. The minimum absolute atomic E-state index is 0.114. The number of aliphatic hydroxyl groups is 1. The van der Waals surface area contributed by atoms with Crippen molar-refractivity contribution in [1.82, 2.24) is 5.32 Å². The zero-order chi connectivity index (χ0) is 12.8. The van der Waals surface area contributed by atoms with E-state index in [1.165, 1.54) is 6.42 Å². The van der Waals surface area contributed by atoms with Crippen molar-refractivity contribution in [2.45, 2.75) is 59.9 Å². The van der Waals surface area contributed by atoms with Crippen LogP contribution < -0.4 is 5.32 Å². The van der Waals surface area contributed by atoms with Crippen LogP contribution >= 0.6 is 0 Å². The first kappa shape index (κ1) is 15.9. The molecule has 0 spiro atoms. The highest BCUT2D eigenvalue weighted by molar-refractivity contribution is 4.66. The first-order chi connectivity index (χ1) is 7.26. The zero-order valence-corrected chi connectivity index (χ0v) is 11.7. The van der Waals surface area contributed by atoms with Gasteiger partial charge in [-0.1, -0.05) is 27.2 Å². The van der Waals surface area contributed by atoms with E-state index in [-0.39, 0.29) is 11.5 Å². The average Bonchev–Trinajstić information content (AvgIpc) is 2.14. The number of nitrogens with one attached hydrogen (secondary N) is 1. The molecule has 0 amide bonds. The molecule has 3 nitrogen and oxygen atoms in total. The Balaban J connectivity index is 3.75. The summed E-state index contributed by atoms with van der Waals surface area (Å²) in [6.07, 6.45) is 0.493. The van der Waals surface area contributed by atoms with Gasteiger partial charge in [0.25, 0.3) is 0 Å². The molecule has 0 aromatic rings. The predicted octanol–water partition coefficient (Wildman–Crippen LogP) is 2.39. The van der Waals surface area contributed by atoms with Crippen LogP contribution in [0.4, 0.5) is 0 Å². The maximum absolute atomic E-state index is 9.81. The van der Waals surface area contributed by atoms with Crippen LogP contribution in [0, 0.1) is 11.8 Å². The second-order valence-corrected chi connectivity index (χ2v) is 5.77. The molecule has 3 atom stereocenters. The van der Waals surface area contributed by atoms with Gasteiger partial charge >= 0.3 is 0 Å². The molecule has 0 bridgehead atoms. The normalized spacial score (nSPS) is 18.2. The second kappa shape index (κ2) is 7.25. The Hall–Kier alpha value is -0.120. The molecular weight excluding hydrogens is 202 g/mol. The Bertz CT molecular complexity index is 177. The molecule has 0 aliphatic rings. The summed E-state index contributed by atoms with van der Waals surface area (Å²) in [5.74, 6) is 0.802. The third-order valence-electron chi connectivity index (χ3n) is 2.62. The molecule has 3 heteroatoms. The third-order valence-corrected chi connectivity index (χ3v) is 2.62. The van der Waals surface area contributed by atoms with E-state index in [4.69, 9.17) is 4.74 Å². The van der Waals surface area contributed by atoms with Crippen molar-refractivity contribution in [2.24, 2.45) is 11.8 Å². The molecule has 0 aromatic carbocycles. The summed E-state index contributed by atoms with van der Waals surface area (Å²) in [5, 5.41) is 13.2. The monoisotopic (exact) mass is 231 g/mol. The van der Waals surface area contributed by atoms with E-state index in [1.54, 1.807) is 0 Å². The largest absolute Gasteiger partial charge is 0.368 e. The Kier molecular flexibility index (Phi) is 7.20. The van der Waals surface area contributed by atoms with E-state index in [2.05, 4.69) is 19.2 Å². The Morgan fingerprint density at radius 2 is 1.75 bits per heavy atom. The molecule has 2 N–H and O–H groups in total. The lowest BCUT2D eigenvalue weighted by Crippen LogP contribution is -2.37. The lowest BCUT2D eigenvalue weighted by Gasteiger charge is -2.28. The van der Waals surface area contributed by atoms with Crippen LogP contribution in [-0.2, 0) is 4.74 Å². The summed E-state index contributed by atoms with van der Waals surface area (Å²) in [5.41, 5.74) is -0.287. The van der Waals surface area contributed by atoms with E-state index in [9.17, 15) is 5.11 Å². The summed E-state index contributed by atoms with van der Waals surface area (Å²) in [7, 11) is 0. The maximum atomic E-state index is 9.81. The fourth-order valence-corrected chi connectivity index (χ4v) is 1.28. The fourth-order valence-electron chi connectivity index (χ4n) is 1.28. The highest BCUT2D eigenvalue weighted by Crippen LogP contribution is 2.14. The summed E-state index contributed by atoms with van der Waals surface area (Å²) in [6.45, 7) is 14.1. The molecule has 0 saturated heterocycles. The summed E-state index contributed by atoms with van der Waals surface area (Å²) < 4.78 is 5.50. The van der Waals surface area contributed by atoms with Gasteiger partial charge in [0, 0.05) is 12.5 Å². The number of rotatable bonds is 7. The van der Waals surface area contributed by atoms with Crippen molar-refractivity contribution >= 4 is 0 Å². The molecule has 0 aromatic heterocycles. The smallest absolute Gasteiger partial charge is 0.158 e. The van der Waals surface area contributed by atoms with Gasteiger partial charge in [0.05, 0.1) is 5.60 Å². The van der Waals surface area contributed by atoms with E-state index < -0.39 is 6.29 Å². The van der Waals surface area contributed by atoms with E-state index in [1.807, 2.05) is 27.7 Å². The van der Waals surface area contributed by atoms with Gasteiger partial charge in [-0.05, 0) is 33.2 Å². The van der Waals surface area contributed by atoms with E-state index in [0.717, 1.165) is 13.1 Å². The molecule has 0 saturated carbocycles. The molecule has 16 heavy (non-hydrogen) atoms. The highest BCUT2D eigenvalue weighted by Gasteiger charge is 2.21. The predicted molar refractivity (Wildman–Crippen MR) is 68.3 cm³/mol. The number of ether oxygens (including phenoxy) is 1. The molecule has 0 aliphatic heterocycles. The van der Waals surface area contributed by atoms with Crippen LogP contribution in [0.25, 0.3) is 0 Å². The van der Waals surface area contributed by atoms with Gasteiger partial charge in [-0.15, -0.1) is 0 Å². The average molecular weight is 231 g/mol. The van der Waals surface area contributed by atoms with Crippen LogP contribution in [0.2, 0.25) is 0 Å². The Labute approximate surface area is 101 Å². The third kappa shape index (κ3) is 8.08. The molecule has 0 heterocycles. The van der Waals surface area contributed by atoms with Gasteiger partial charge in [0.15, 0.2) is 6.29 Å². The maximum Gasteiger partial charge on any atom is 0.158 e. The molecule has 3 unspecified atom stereocenters. The molecule has 0 radical (unpaired) electrons. The zero-order valence-electron chi connectivity index (χ0n) is 11.7. The highest BCUT2D eigenvalue weighted by atomic mass is 16.6. The van der Waals surface area contributed by atoms with Gasteiger partial charge in [-0.2, -0.15) is 0 Å². The minimum atomic E-state index is -0.690. The molecule has 98 valence electrons. The van der Waals surface area contributed by atoms with Crippen LogP contribution in [-0.4, -0.2) is 30.1 Å².